The van der Waals surface area contributed by atoms with Gasteiger partial charge in [0.1, 0.15) is 5.82 Å². The zero-order valence-electron chi connectivity index (χ0n) is 8.76. The van der Waals surface area contributed by atoms with Gasteiger partial charge in [-0.15, -0.1) is 0 Å². The predicted octanol–water partition coefficient (Wildman–Crippen LogP) is 3.62. The van der Waals surface area contributed by atoms with E-state index in [1.165, 1.54) is 0 Å². The molecule has 2 nitrogen and oxygen atoms in total. The van der Waals surface area contributed by atoms with E-state index in [2.05, 4.69) is 36.8 Å². The molecule has 0 aliphatic heterocycles. The second-order valence-electron chi connectivity index (χ2n) is 3.34. The van der Waals surface area contributed by atoms with Crippen LogP contribution < -0.4 is 4.90 Å². The lowest BCUT2D eigenvalue weighted by atomic mass is 10.3. The first kappa shape index (κ1) is 13.8. The van der Waals surface area contributed by atoms with Crippen LogP contribution in [0.15, 0.2) is 16.7 Å². The Kier molecular flexibility index (Phi) is 5.61. The predicted molar refractivity (Wildman–Crippen MR) is 68.7 cm³/mol. The second-order valence-corrected chi connectivity index (χ2v) is 4.99. The van der Waals surface area contributed by atoms with E-state index in [0.717, 1.165) is 10.0 Å². The zero-order chi connectivity index (χ0) is 12.1. The molecule has 0 fully saturated rings. The lowest BCUT2D eigenvalue weighted by Crippen LogP contribution is -2.31. The number of rotatable bonds is 5. The average Bonchev–Trinajstić information content (AvgIpc) is 2.16. The number of hydrogen-bond donors (Lipinski definition) is 0. The van der Waals surface area contributed by atoms with Gasteiger partial charge >= 0.3 is 0 Å². The van der Waals surface area contributed by atoms with E-state index >= 15 is 0 Å². The van der Waals surface area contributed by atoms with Crippen molar-refractivity contribution in [3.63, 3.8) is 0 Å². The lowest BCUT2D eigenvalue weighted by Gasteiger charge is -2.23. The summed E-state index contributed by atoms with van der Waals surface area (Å²) in [6.45, 7) is 2.10. The molecule has 1 aromatic rings. The van der Waals surface area contributed by atoms with Crippen LogP contribution in [0.3, 0.4) is 0 Å². The van der Waals surface area contributed by atoms with E-state index in [9.17, 15) is 8.78 Å². The van der Waals surface area contributed by atoms with Crippen LogP contribution in [0.4, 0.5) is 14.6 Å². The van der Waals surface area contributed by atoms with Gasteiger partial charge in [-0.1, -0.05) is 15.9 Å². The van der Waals surface area contributed by atoms with Gasteiger partial charge in [-0.05, 0) is 34.5 Å². The van der Waals surface area contributed by atoms with Crippen molar-refractivity contribution in [2.75, 3.05) is 23.3 Å². The number of hydrogen-bond acceptors (Lipinski definition) is 2. The number of anilines is 1. The van der Waals surface area contributed by atoms with Crippen molar-refractivity contribution in [1.29, 1.82) is 0 Å². The van der Waals surface area contributed by atoms with Crippen LogP contribution in [0, 0.1) is 6.92 Å². The van der Waals surface area contributed by atoms with Gasteiger partial charge in [0.25, 0.3) is 6.43 Å². The minimum absolute atomic E-state index is 0.305. The first-order valence-corrected chi connectivity index (χ1v) is 6.67. The van der Waals surface area contributed by atoms with Gasteiger partial charge in [-0.2, -0.15) is 0 Å². The van der Waals surface area contributed by atoms with Gasteiger partial charge in [0, 0.05) is 18.1 Å². The molecule has 0 aliphatic rings. The van der Waals surface area contributed by atoms with Gasteiger partial charge in [0.2, 0.25) is 0 Å². The Hall–Kier alpha value is -0.230. The van der Waals surface area contributed by atoms with Crippen molar-refractivity contribution in [2.45, 2.75) is 13.3 Å². The number of halogens is 4. The molecular weight excluding hydrogens is 346 g/mol. The summed E-state index contributed by atoms with van der Waals surface area (Å²) >= 11 is 6.59. The molecule has 1 rings (SSSR count). The van der Waals surface area contributed by atoms with E-state index in [-0.39, 0.29) is 6.54 Å². The van der Waals surface area contributed by atoms with Crippen LogP contribution in [0.25, 0.3) is 0 Å². The molecule has 0 saturated heterocycles. The molecule has 0 unspecified atom stereocenters. The lowest BCUT2D eigenvalue weighted by molar-refractivity contribution is 0.155. The van der Waals surface area contributed by atoms with Gasteiger partial charge in [-0.25, -0.2) is 13.8 Å². The van der Waals surface area contributed by atoms with Gasteiger partial charge in [0.05, 0.1) is 11.0 Å². The van der Waals surface area contributed by atoms with Crippen LogP contribution in [0.5, 0.6) is 0 Å². The second kappa shape index (κ2) is 6.49. The Balaban J connectivity index is 2.91. The summed E-state index contributed by atoms with van der Waals surface area (Å²) < 4.78 is 25.6. The third-order valence-corrected chi connectivity index (χ3v) is 2.91. The van der Waals surface area contributed by atoms with E-state index in [0.29, 0.717) is 17.7 Å². The Morgan fingerprint density at radius 2 is 2.19 bits per heavy atom. The molecule has 1 aromatic heterocycles. The molecule has 6 heteroatoms. The molecular formula is C10H12Br2F2N2. The summed E-state index contributed by atoms with van der Waals surface area (Å²) in [5.41, 5.74) is 0.992. The summed E-state index contributed by atoms with van der Waals surface area (Å²) in [5.74, 6) is 0.561. The number of alkyl halides is 3. The fraction of sp³-hybridized carbons (Fsp3) is 0.500. The summed E-state index contributed by atoms with van der Waals surface area (Å²) in [6, 6.07) is 1.87. The smallest absolute Gasteiger partial charge is 0.255 e. The first-order valence-electron chi connectivity index (χ1n) is 4.75. The maximum atomic E-state index is 12.4. The number of aromatic nitrogens is 1. The molecule has 0 radical (unpaired) electrons. The highest BCUT2D eigenvalue weighted by Gasteiger charge is 2.15. The topological polar surface area (TPSA) is 16.1 Å². The first-order chi connectivity index (χ1) is 7.54. The minimum atomic E-state index is -2.37. The Labute approximate surface area is 110 Å². The molecule has 0 aromatic carbocycles. The highest BCUT2D eigenvalue weighted by Crippen LogP contribution is 2.25. The van der Waals surface area contributed by atoms with Crippen molar-refractivity contribution in [1.82, 2.24) is 4.98 Å². The zero-order valence-corrected chi connectivity index (χ0v) is 11.9. The summed E-state index contributed by atoms with van der Waals surface area (Å²) in [4.78, 5) is 5.73. The average molecular weight is 358 g/mol. The minimum Gasteiger partial charge on any atom is -0.349 e. The van der Waals surface area contributed by atoms with Crippen molar-refractivity contribution < 1.29 is 8.78 Å². The molecule has 0 aliphatic carbocycles. The molecule has 0 atom stereocenters. The van der Waals surface area contributed by atoms with Crippen molar-refractivity contribution in [2.24, 2.45) is 0 Å². The van der Waals surface area contributed by atoms with Gasteiger partial charge in [-0.3, -0.25) is 0 Å². The van der Waals surface area contributed by atoms with Gasteiger partial charge in [0.15, 0.2) is 0 Å². The molecule has 1 heterocycles. The van der Waals surface area contributed by atoms with E-state index in [4.69, 9.17) is 0 Å². The fourth-order valence-electron chi connectivity index (χ4n) is 1.31. The molecule has 0 spiro atoms. The Morgan fingerprint density at radius 1 is 1.50 bits per heavy atom. The summed E-state index contributed by atoms with van der Waals surface area (Å²) in [6.07, 6.45) is -0.693. The van der Waals surface area contributed by atoms with Crippen LogP contribution in [0.2, 0.25) is 0 Å². The molecule has 0 saturated carbocycles. The van der Waals surface area contributed by atoms with Gasteiger partial charge < -0.3 is 4.90 Å². The van der Waals surface area contributed by atoms with Crippen molar-refractivity contribution in [3.05, 3.63) is 22.3 Å². The molecule has 0 amide bonds. The molecule has 0 bridgehead atoms. The number of nitrogens with zero attached hydrogens (tertiary/aromatic N) is 2. The van der Waals surface area contributed by atoms with E-state index in [1.54, 1.807) is 11.1 Å². The Morgan fingerprint density at radius 3 is 2.69 bits per heavy atom. The fourth-order valence-corrected chi connectivity index (χ4v) is 2.45. The standard InChI is InChI=1S/C10H12Br2F2N2/c1-7-4-8(12)10(15-5-7)16(3-2-11)6-9(13)14/h4-5,9H,2-3,6H2,1H3. The third kappa shape index (κ3) is 3.97. The van der Waals surface area contributed by atoms with Crippen LogP contribution in [-0.4, -0.2) is 29.8 Å². The van der Waals surface area contributed by atoms with Crippen LogP contribution in [0.1, 0.15) is 5.56 Å². The van der Waals surface area contributed by atoms with Crippen molar-refractivity contribution in [3.8, 4) is 0 Å². The van der Waals surface area contributed by atoms with Crippen molar-refractivity contribution >= 4 is 37.7 Å². The maximum absolute atomic E-state index is 12.4. The summed E-state index contributed by atoms with van der Waals surface area (Å²) in [5, 5.41) is 0.627. The third-order valence-electron chi connectivity index (χ3n) is 1.97. The Bertz CT molecular complexity index is 348. The largest absolute Gasteiger partial charge is 0.349 e. The quantitative estimate of drug-likeness (QED) is 0.748. The molecule has 90 valence electrons. The van der Waals surface area contributed by atoms with E-state index < -0.39 is 6.43 Å². The summed E-state index contributed by atoms with van der Waals surface area (Å²) in [7, 11) is 0. The van der Waals surface area contributed by atoms with Crippen LogP contribution in [-0.2, 0) is 0 Å². The SMILES string of the molecule is Cc1cnc(N(CCBr)CC(F)F)c(Br)c1. The number of pyridine rings is 1. The van der Waals surface area contributed by atoms with E-state index in [1.807, 2.05) is 13.0 Å². The molecule has 0 N–H and O–H groups in total. The highest BCUT2D eigenvalue weighted by atomic mass is 79.9. The monoisotopic (exact) mass is 356 g/mol. The normalized spacial score (nSPS) is 10.9. The van der Waals surface area contributed by atoms with Crippen LogP contribution >= 0.6 is 31.9 Å². The molecule has 16 heavy (non-hydrogen) atoms. The number of aryl methyl sites for hydroxylation is 1. The maximum Gasteiger partial charge on any atom is 0.255 e. The highest BCUT2D eigenvalue weighted by molar-refractivity contribution is 9.10.